The SMILES string of the molecule is C[C@H]1CN(C)C[C@]1(O)c1ccccc1. The highest BCUT2D eigenvalue weighted by Crippen LogP contribution is 2.35. The molecule has 14 heavy (non-hydrogen) atoms. The zero-order chi connectivity index (χ0) is 10.2. The number of benzene rings is 1. The molecule has 0 unspecified atom stereocenters. The van der Waals surface area contributed by atoms with Gasteiger partial charge in [0.2, 0.25) is 0 Å². The van der Waals surface area contributed by atoms with Gasteiger partial charge in [0.1, 0.15) is 5.60 Å². The van der Waals surface area contributed by atoms with Gasteiger partial charge in [0.15, 0.2) is 0 Å². The van der Waals surface area contributed by atoms with Crippen molar-refractivity contribution in [2.24, 2.45) is 5.92 Å². The first kappa shape index (κ1) is 9.69. The van der Waals surface area contributed by atoms with Crippen LogP contribution in [0.1, 0.15) is 12.5 Å². The van der Waals surface area contributed by atoms with Gasteiger partial charge in [-0.3, -0.25) is 0 Å². The van der Waals surface area contributed by atoms with Crippen LogP contribution in [0, 0.1) is 5.92 Å². The fourth-order valence-corrected chi connectivity index (χ4v) is 2.35. The van der Waals surface area contributed by atoms with Crippen LogP contribution in [0.25, 0.3) is 0 Å². The maximum atomic E-state index is 10.6. The summed E-state index contributed by atoms with van der Waals surface area (Å²) in [5, 5.41) is 10.6. The molecule has 1 aliphatic rings. The standard InChI is InChI=1S/C12H17NO/c1-10-8-13(2)9-12(10,14)11-6-4-3-5-7-11/h3-7,10,14H,8-9H2,1-2H3/t10-,12+/m0/s1. The fraction of sp³-hybridized carbons (Fsp3) is 0.500. The first-order chi connectivity index (χ1) is 6.63. The molecule has 0 radical (unpaired) electrons. The number of likely N-dealkylation sites (N-methyl/N-ethyl adjacent to an activating group) is 1. The maximum absolute atomic E-state index is 10.6. The summed E-state index contributed by atoms with van der Waals surface area (Å²) in [6.45, 7) is 3.81. The molecule has 1 heterocycles. The summed E-state index contributed by atoms with van der Waals surface area (Å²) in [5.41, 5.74) is 0.382. The Morgan fingerprint density at radius 1 is 1.36 bits per heavy atom. The molecule has 0 amide bonds. The van der Waals surface area contributed by atoms with E-state index in [1.807, 2.05) is 30.3 Å². The van der Waals surface area contributed by atoms with Crippen molar-refractivity contribution in [2.75, 3.05) is 20.1 Å². The summed E-state index contributed by atoms with van der Waals surface area (Å²) in [4.78, 5) is 2.18. The minimum Gasteiger partial charge on any atom is -0.383 e. The summed E-state index contributed by atoms with van der Waals surface area (Å²) < 4.78 is 0. The van der Waals surface area contributed by atoms with Crippen molar-refractivity contribution in [2.45, 2.75) is 12.5 Å². The van der Waals surface area contributed by atoms with Crippen LogP contribution in [0.15, 0.2) is 30.3 Å². The Morgan fingerprint density at radius 2 is 2.00 bits per heavy atom. The number of β-amino-alcohol motifs (C(OH)–C–C–N with tert-alkyl or cyclic N) is 1. The number of aliphatic hydroxyl groups is 1. The van der Waals surface area contributed by atoms with E-state index in [0.29, 0.717) is 5.92 Å². The lowest BCUT2D eigenvalue weighted by atomic mass is 9.85. The summed E-state index contributed by atoms with van der Waals surface area (Å²) >= 11 is 0. The van der Waals surface area contributed by atoms with E-state index in [4.69, 9.17) is 0 Å². The van der Waals surface area contributed by atoms with Crippen LogP contribution >= 0.6 is 0 Å². The minimum atomic E-state index is -0.657. The van der Waals surface area contributed by atoms with Crippen LogP contribution in [0.4, 0.5) is 0 Å². The van der Waals surface area contributed by atoms with E-state index in [1.54, 1.807) is 0 Å². The molecular weight excluding hydrogens is 174 g/mol. The number of hydrogen-bond donors (Lipinski definition) is 1. The van der Waals surface area contributed by atoms with Gasteiger partial charge in [0.25, 0.3) is 0 Å². The lowest BCUT2D eigenvalue weighted by Gasteiger charge is -2.27. The molecule has 1 saturated heterocycles. The van der Waals surface area contributed by atoms with Crippen molar-refractivity contribution in [1.82, 2.24) is 4.90 Å². The number of nitrogens with zero attached hydrogens (tertiary/aromatic N) is 1. The third kappa shape index (κ3) is 1.45. The highest BCUT2D eigenvalue weighted by Gasteiger charge is 2.42. The van der Waals surface area contributed by atoms with E-state index in [-0.39, 0.29) is 0 Å². The van der Waals surface area contributed by atoms with Crippen LogP contribution in [0.2, 0.25) is 0 Å². The molecule has 2 nitrogen and oxygen atoms in total. The Bertz CT molecular complexity index is 311. The Morgan fingerprint density at radius 3 is 2.50 bits per heavy atom. The normalized spacial score (nSPS) is 33.5. The topological polar surface area (TPSA) is 23.5 Å². The Labute approximate surface area is 85.2 Å². The van der Waals surface area contributed by atoms with Crippen molar-refractivity contribution in [1.29, 1.82) is 0 Å². The minimum absolute atomic E-state index is 0.301. The molecule has 2 heteroatoms. The quantitative estimate of drug-likeness (QED) is 0.726. The van der Waals surface area contributed by atoms with Gasteiger partial charge in [-0.1, -0.05) is 37.3 Å². The highest BCUT2D eigenvalue weighted by molar-refractivity contribution is 5.25. The predicted molar refractivity (Wildman–Crippen MR) is 57.0 cm³/mol. The Hall–Kier alpha value is -0.860. The number of hydrogen-bond acceptors (Lipinski definition) is 2. The molecule has 0 saturated carbocycles. The molecule has 1 aromatic carbocycles. The van der Waals surface area contributed by atoms with Crippen molar-refractivity contribution >= 4 is 0 Å². The molecule has 1 N–H and O–H groups in total. The zero-order valence-corrected chi connectivity index (χ0v) is 8.77. The Kier molecular flexibility index (Phi) is 2.33. The highest BCUT2D eigenvalue weighted by atomic mass is 16.3. The second-order valence-corrected chi connectivity index (χ2v) is 4.39. The van der Waals surface area contributed by atoms with Crippen molar-refractivity contribution < 1.29 is 5.11 Å². The lowest BCUT2D eigenvalue weighted by molar-refractivity contribution is 0.0146. The molecular formula is C12H17NO. The zero-order valence-electron chi connectivity index (χ0n) is 8.77. The van der Waals surface area contributed by atoms with Crippen LogP contribution < -0.4 is 0 Å². The van der Waals surface area contributed by atoms with Crippen LogP contribution in [0.3, 0.4) is 0 Å². The summed E-state index contributed by atoms with van der Waals surface area (Å²) in [6, 6.07) is 9.97. The summed E-state index contributed by atoms with van der Waals surface area (Å²) in [7, 11) is 2.05. The number of rotatable bonds is 1. The monoisotopic (exact) mass is 191 g/mol. The third-order valence-corrected chi connectivity index (χ3v) is 3.19. The average Bonchev–Trinajstić information content (AvgIpc) is 2.43. The third-order valence-electron chi connectivity index (χ3n) is 3.19. The first-order valence-electron chi connectivity index (χ1n) is 5.09. The van der Waals surface area contributed by atoms with E-state index >= 15 is 0 Å². The van der Waals surface area contributed by atoms with Crippen molar-refractivity contribution in [3.63, 3.8) is 0 Å². The van der Waals surface area contributed by atoms with Gasteiger partial charge in [-0.25, -0.2) is 0 Å². The second-order valence-electron chi connectivity index (χ2n) is 4.39. The van der Waals surface area contributed by atoms with E-state index in [2.05, 4.69) is 18.9 Å². The lowest BCUT2D eigenvalue weighted by Crippen LogP contribution is -2.33. The maximum Gasteiger partial charge on any atom is 0.106 e. The van der Waals surface area contributed by atoms with Gasteiger partial charge in [0, 0.05) is 19.0 Å². The predicted octanol–water partition coefficient (Wildman–Crippen LogP) is 1.46. The van der Waals surface area contributed by atoms with Gasteiger partial charge >= 0.3 is 0 Å². The first-order valence-corrected chi connectivity index (χ1v) is 5.09. The molecule has 0 bridgehead atoms. The molecule has 2 rings (SSSR count). The summed E-state index contributed by atoms with van der Waals surface area (Å²) in [5.74, 6) is 0.301. The summed E-state index contributed by atoms with van der Waals surface area (Å²) in [6.07, 6.45) is 0. The molecule has 0 aliphatic carbocycles. The largest absolute Gasteiger partial charge is 0.383 e. The second kappa shape index (κ2) is 3.37. The van der Waals surface area contributed by atoms with Gasteiger partial charge < -0.3 is 10.0 Å². The van der Waals surface area contributed by atoms with Gasteiger partial charge in [0.05, 0.1) is 0 Å². The number of likely N-dealkylation sites (tertiary alicyclic amines) is 1. The molecule has 1 aliphatic heterocycles. The molecule has 1 aromatic rings. The molecule has 2 atom stereocenters. The molecule has 0 spiro atoms. The molecule has 1 fully saturated rings. The fourth-order valence-electron chi connectivity index (χ4n) is 2.35. The van der Waals surface area contributed by atoms with Gasteiger partial charge in [-0.2, -0.15) is 0 Å². The van der Waals surface area contributed by atoms with Gasteiger partial charge in [-0.15, -0.1) is 0 Å². The van der Waals surface area contributed by atoms with E-state index in [9.17, 15) is 5.11 Å². The van der Waals surface area contributed by atoms with Crippen LogP contribution in [0.5, 0.6) is 0 Å². The van der Waals surface area contributed by atoms with Crippen LogP contribution in [-0.4, -0.2) is 30.1 Å². The van der Waals surface area contributed by atoms with Crippen molar-refractivity contribution in [3.05, 3.63) is 35.9 Å². The van der Waals surface area contributed by atoms with E-state index < -0.39 is 5.60 Å². The van der Waals surface area contributed by atoms with Gasteiger partial charge in [-0.05, 0) is 12.6 Å². The van der Waals surface area contributed by atoms with E-state index in [1.165, 1.54) is 0 Å². The Balaban J connectivity index is 2.33. The van der Waals surface area contributed by atoms with E-state index in [0.717, 1.165) is 18.7 Å². The van der Waals surface area contributed by atoms with Crippen LogP contribution in [-0.2, 0) is 5.60 Å². The smallest absolute Gasteiger partial charge is 0.106 e. The van der Waals surface area contributed by atoms with Crippen molar-refractivity contribution in [3.8, 4) is 0 Å². The average molecular weight is 191 g/mol. The molecule has 76 valence electrons. The molecule has 0 aromatic heterocycles.